The third kappa shape index (κ3) is 7.79. The van der Waals surface area contributed by atoms with E-state index in [0.717, 1.165) is 31.4 Å². The topological polar surface area (TPSA) is 96.6 Å². The summed E-state index contributed by atoms with van der Waals surface area (Å²) in [6, 6.07) is 8.07. The van der Waals surface area contributed by atoms with Gasteiger partial charge in [0.1, 0.15) is 0 Å². The van der Waals surface area contributed by atoms with Gasteiger partial charge in [-0.05, 0) is 42.4 Å². The Bertz CT molecular complexity index is 707. The summed E-state index contributed by atoms with van der Waals surface area (Å²) in [5, 5.41) is 3.13. The first-order valence-corrected chi connectivity index (χ1v) is 10.8. The Morgan fingerprint density at radius 1 is 1.31 bits per heavy atom. The van der Waals surface area contributed by atoms with E-state index in [1.54, 1.807) is 0 Å². The van der Waals surface area contributed by atoms with Crippen LogP contribution in [0.25, 0.3) is 0 Å². The van der Waals surface area contributed by atoms with Gasteiger partial charge >= 0.3 is 0 Å². The average Bonchev–Trinajstić information content (AvgIpc) is 2.53. The molecule has 0 aliphatic heterocycles. The van der Waals surface area contributed by atoms with Crippen molar-refractivity contribution in [2.24, 2.45) is 16.6 Å². The lowest BCUT2D eigenvalue weighted by Crippen LogP contribution is -2.43. The normalized spacial score (nSPS) is 21.3. The summed E-state index contributed by atoms with van der Waals surface area (Å²) in [7, 11) is -3.20. The molecule has 2 atom stereocenters. The van der Waals surface area contributed by atoms with Crippen LogP contribution in [-0.4, -0.2) is 33.2 Å². The molecule has 1 aromatic carbocycles. The van der Waals surface area contributed by atoms with E-state index in [1.807, 2.05) is 12.1 Å². The Morgan fingerprint density at radius 3 is 2.65 bits per heavy atom. The zero-order valence-corrected chi connectivity index (χ0v) is 18.9. The van der Waals surface area contributed by atoms with Crippen molar-refractivity contribution in [3.05, 3.63) is 29.8 Å². The SMILES string of the molecule is CC(C)c1cccc(NC(N)=NCC2CCCCC2NS(C)(=O)=O)c1.I. The molecule has 1 aromatic rings. The van der Waals surface area contributed by atoms with Crippen LogP contribution in [-0.2, 0) is 10.0 Å². The molecule has 6 nitrogen and oxygen atoms in total. The number of benzene rings is 1. The van der Waals surface area contributed by atoms with Crippen LogP contribution in [0.4, 0.5) is 5.69 Å². The summed E-state index contributed by atoms with van der Waals surface area (Å²) in [4.78, 5) is 4.45. The molecule has 1 fully saturated rings. The number of hydrogen-bond donors (Lipinski definition) is 3. The first-order chi connectivity index (χ1) is 11.7. The minimum absolute atomic E-state index is 0. The molecule has 0 spiro atoms. The summed E-state index contributed by atoms with van der Waals surface area (Å²) < 4.78 is 25.8. The van der Waals surface area contributed by atoms with E-state index in [4.69, 9.17) is 5.73 Å². The molecule has 0 radical (unpaired) electrons. The van der Waals surface area contributed by atoms with Gasteiger partial charge in [0.2, 0.25) is 10.0 Å². The summed E-state index contributed by atoms with van der Waals surface area (Å²) in [6.45, 7) is 4.82. The van der Waals surface area contributed by atoms with Crippen molar-refractivity contribution in [1.82, 2.24) is 4.72 Å². The minimum Gasteiger partial charge on any atom is -0.370 e. The van der Waals surface area contributed by atoms with E-state index in [1.165, 1.54) is 11.8 Å². The van der Waals surface area contributed by atoms with Gasteiger partial charge in [0.15, 0.2) is 5.96 Å². The summed E-state index contributed by atoms with van der Waals surface area (Å²) >= 11 is 0. The number of nitrogens with two attached hydrogens (primary N) is 1. The van der Waals surface area contributed by atoms with E-state index in [0.29, 0.717) is 18.4 Å². The number of halogens is 1. The fourth-order valence-corrected chi connectivity index (χ4v) is 4.10. The number of guanidine groups is 1. The predicted octanol–water partition coefficient (Wildman–Crippen LogP) is 3.26. The molecular weight excluding hydrogens is 463 g/mol. The minimum atomic E-state index is -3.20. The second-order valence-corrected chi connectivity index (χ2v) is 8.95. The third-order valence-corrected chi connectivity index (χ3v) is 5.33. The van der Waals surface area contributed by atoms with Crippen LogP contribution < -0.4 is 15.8 Å². The maximum Gasteiger partial charge on any atom is 0.208 e. The number of hydrogen-bond acceptors (Lipinski definition) is 3. The average molecular weight is 494 g/mol. The second-order valence-electron chi connectivity index (χ2n) is 7.17. The monoisotopic (exact) mass is 494 g/mol. The molecular formula is C18H31IN4O2S. The first kappa shape index (κ1) is 23.2. The van der Waals surface area contributed by atoms with Crippen molar-refractivity contribution in [2.45, 2.75) is 51.5 Å². The molecule has 1 aliphatic carbocycles. The summed E-state index contributed by atoms with van der Waals surface area (Å²) in [6.07, 6.45) is 5.18. The van der Waals surface area contributed by atoms with Crippen LogP contribution in [0.1, 0.15) is 51.0 Å². The van der Waals surface area contributed by atoms with Gasteiger partial charge in [-0.3, -0.25) is 4.99 Å². The summed E-state index contributed by atoms with van der Waals surface area (Å²) in [5.74, 6) is 1.00. The van der Waals surface area contributed by atoms with Crippen LogP contribution in [0.5, 0.6) is 0 Å². The maximum absolute atomic E-state index is 11.5. The Morgan fingerprint density at radius 2 is 2.00 bits per heavy atom. The van der Waals surface area contributed by atoms with Gasteiger partial charge in [0.05, 0.1) is 6.26 Å². The standard InChI is InChI=1S/C18H30N4O2S.HI/c1-13(2)14-8-6-9-16(11-14)21-18(19)20-12-15-7-4-5-10-17(15)22-25(3,23)24;/h6,8-9,11,13,15,17,22H,4-5,7,10,12H2,1-3H3,(H3,19,20,21);1H. The van der Waals surface area contributed by atoms with Gasteiger partial charge in [0, 0.05) is 18.3 Å². The number of anilines is 1. The molecule has 0 bridgehead atoms. The third-order valence-electron chi connectivity index (χ3n) is 4.60. The zero-order chi connectivity index (χ0) is 18.4. The van der Waals surface area contributed by atoms with E-state index < -0.39 is 10.0 Å². The van der Waals surface area contributed by atoms with Crippen molar-refractivity contribution < 1.29 is 8.42 Å². The van der Waals surface area contributed by atoms with Crippen LogP contribution in [0.3, 0.4) is 0 Å². The van der Waals surface area contributed by atoms with Crippen molar-refractivity contribution in [3.63, 3.8) is 0 Å². The maximum atomic E-state index is 11.5. The van der Waals surface area contributed by atoms with E-state index in [9.17, 15) is 8.42 Å². The van der Waals surface area contributed by atoms with Crippen molar-refractivity contribution >= 4 is 45.6 Å². The lowest BCUT2D eigenvalue weighted by Gasteiger charge is -2.30. The van der Waals surface area contributed by atoms with Crippen molar-refractivity contribution in [3.8, 4) is 0 Å². The predicted molar refractivity (Wildman–Crippen MR) is 120 cm³/mol. The highest BCUT2D eigenvalue weighted by Gasteiger charge is 2.27. The Balaban J connectivity index is 0.00000338. The molecule has 2 rings (SSSR count). The molecule has 2 unspecified atom stereocenters. The molecule has 26 heavy (non-hydrogen) atoms. The molecule has 4 N–H and O–H groups in total. The van der Waals surface area contributed by atoms with Gasteiger partial charge in [-0.25, -0.2) is 13.1 Å². The van der Waals surface area contributed by atoms with Crippen LogP contribution in [0.15, 0.2) is 29.3 Å². The zero-order valence-electron chi connectivity index (χ0n) is 15.7. The number of aliphatic imine (C=N–C) groups is 1. The van der Waals surface area contributed by atoms with E-state index >= 15 is 0 Å². The summed E-state index contributed by atoms with van der Waals surface area (Å²) in [5.41, 5.74) is 8.18. The first-order valence-electron chi connectivity index (χ1n) is 8.89. The Hall–Kier alpha value is -0.870. The molecule has 0 amide bonds. The molecule has 1 saturated carbocycles. The highest BCUT2D eigenvalue weighted by molar-refractivity contribution is 14.0. The van der Waals surface area contributed by atoms with Crippen molar-refractivity contribution in [2.75, 3.05) is 18.1 Å². The molecule has 0 heterocycles. The fourth-order valence-electron chi connectivity index (χ4n) is 3.23. The lowest BCUT2D eigenvalue weighted by atomic mass is 9.85. The molecule has 0 saturated heterocycles. The Kier molecular flexibility index (Phi) is 9.32. The lowest BCUT2D eigenvalue weighted by molar-refractivity contribution is 0.297. The van der Waals surface area contributed by atoms with Gasteiger partial charge in [0.25, 0.3) is 0 Å². The van der Waals surface area contributed by atoms with Crippen LogP contribution in [0, 0.1) is 5.92 Å². The van der Waals surface area contributed by atoms with Crippen molar-refractivity contribution in [1.29, 1.82) is 0 Å². The van der Waals surface area contributed by atoms with Gasteiger partial charge < -0.3 is 11.1 Å². The van der Waals surface area contributed by atoms with Crippen LogP contribution >= 0.6 is 24.0 Å². The largest absolute Gasteiger partial charge is 0.370 e. The quantitative estimate of drug-likeness (QED) is 0.321. The number of nitrogens with one attached hydrogen (secondary N) is 2. The highest BCUT2D eigenvalue weighted by atomic mass is 127. The fraction of sp³-hybridized carbons (Fsp3) is 0.611. The molecule has 1 aliphatic rings. The van der Waals surface area contributed by atoms with Crippen LogP contribution in [0.2, 0.25) is 0 Å². The highest BCUT2D eigenvalue weighted by Crippen LogP contribution is 2.25. The molecule has 148 valence electrons. The smallest absolute Gasteiger partial charge is 0.208 e. The number of nitrogens with zero attached hydrogens (tertiary/aromatic N) is 1. The van der Waals surface area contributed by atoms with Gasteiger partial charge in [-0.15, -0.1) is 24.0 Å². The van der Waals surface area contributed by atoms with E-state index in [2.05, 4.69) is 41.0 Å². The Labute approximate surface area is 174 Å². The molecule has 8 heteroatoms. The van der Waals surface area contributed by atoms with E-state index in [-0.39, 0.29) is 35.9 Å². The van der Waals surface area contributed by atoms with Gasteiger partial charge in [-0.2, -0.15) is 0 Å². The number of sulfonamides is 1. The van der Waals surface area contributed by atoms with Gasteiger partial charge in [-0.1, -0.05) is 38.8 Å². The second kappa shape index (κ2) is 10.5. The molecule has 0 aromatic heterocycles. The number of rotatable bonds is 6.